The van der Waals surface area contributed by atoms with Crippen LogP contribution in [0, 0.1) is 0 Å². The van der Waals surface area contributed by atoms with Crippen LogP contribution in [-0.4, -0.2) is 29.1 Å². The zero-order valence-corrected chi connectivity index (χ0v) is 15.9. The van der Waals surface area contributed by atoms with E-state index in [1.807, 2.05) is 35.7 Å². The average Bonchev–Trinajstić information content (AvgIpc) is 3.46. The number of hydrogen-bond acceptors (Lipinski definition) is 7. The number of carbonyl (C=O) groups excluding carboxylic acids is 1. The maximum Gasteiger partial charge on any atom is 0.257 e. The summed E-state index contributed by atoms with van der Waals surface area (Å²) in [4.78, 5) is 20.9. The lowest BCUT2D eigenvalue weighted by Gasteiger charge is -2.18. The Morgan fingerprint density at radius 2 is 1.79 bits per heavy atom. The van der Waals surface area contributed by atoms with E-state index in [0.717, 1.165) is 22.6 Å². The van der Waals surface area contributed by atoms with Crippen LogP contribution in [-0.2, 0) is 0 Å². The van der Waals surface area contributed by atoms with E-state index in [2.05, 4.69) is 15.3 Å². The van der Waals surface area contributed by atoms with Crippen molar-refractivity contribution in [3.8, 4) is 34.1 Å². The van der Waals surface area contributed by atoms with Gasteiger partial charge in [-0.25, -0.2) is 9.97 Å². The van der Waals surface area contributed by atoms with Crippen molar-refractivity contribution in [2.45, 2.75) is 0 Å². The number of hydrogen-bond donors (Lipinski definition) is 1. The molecule has 0 radical (unpaired) electrons. The predicted molar refractivity (Wildman–Crippen MR) is 108 cm³/mol. The minimum atomic E-state index is -0.225. The number of amides is 1. The Morgan fingerprint density at radius 3 is 2.59 bits per heavy atom. The molecule has 1 amide bonds. The summed E-state index contributed by atoms with van der Waals surface area (Å²) < 4.78 is 16.4. The molecule has 0 spiro atoms. The molecular formula is C21H15N3O4S. The molecule has 0 aliphatic carbocycles. The third kappa shape index (κ3) is 3.57. The lowest BCUT2D eigenvalue weighted by atomic mass is 10.1. The second kappa shape index (κ2) is 7.40. The Labute approximate surface area is 170 Å². The summed E-state index contributed by atoms with van der Waals surface area (Å²) in [6.07, 6.45) is 3.00. The number of benzene rings is 2. The van der Waals surface area contributed by atoms with Crippen LogP contribution in [0.25, 0.3) is 22.6 Å². The summed E-state index contributed by atoms with van der Waals surface area (Å²) >= 11 is 1.37. The van der Waals surface area contributed by atoms with Crippen LogP contribution >= 0.6 is 11.3 Å². The first-order chi connectivity index (χ1) is 14.3. The number of aromatic nitrogens is 2. The molecule has 29 heavy (non-hydrogen) atoms. The smallest absolute Gasteiger partial charge is 0.257 e. The van der Waals surface area contributed by atoms with Crippen molar-refractivity contribution < 1.29 is 18.7 Å². The van der Waals surface area contributed by atoms with E-state index in [-0.39, 0.29) is 5.91 Å². The van der Waals surface area contributed by atoms with Gasteiger partial charge in [0.1, 0.15) is 13.2 Å². The molecule has 2 aromatic heterocycles. The highest BCUT2D eigenvalue weighted by Gasteiger charge is 2.15. The van der Waals surface area contributed by atoms with Crippen molar-refractivity contribution in [2.24, 2.45) is 0 Å². The fourth-order valence-electron chi connectivity index (χ4n) is 2.98. The molecule has 0 atom stereocenters. The number of oxazole rings is 1. The molecule has 0 saturated heterocycles. The maximum atomic E-state index is 12.5. The van der Waals surface area contributed by atoms with Gasteiger partial charge < -0.3 is 13.9 Å². The quantitative estimate of drug-likeness (QED) is 0.538. The fraction of sp³-hybridized carbons (Fsp3) is 0.0952. The SMILES string of the molecule is O=C(Nc1nc(-c2ccc3c(c2)OCCO3)cs1)c1ccc(-c2cnco2)cc1. The standard InChI is InChI=1S/C21H15N3O4S/c25-20(14-3-1-13(2-4-14)19-10-22-12-28-19)24-21-23-16(11-29-21)15-5-6-17-18(9-15)27-8-7-26-17/h1-6,9-12H,7-8H2,(H,23,24,25). The Kier molecular flexibility index (Phi) is 4.45. The monoisotopic (exact) mass is 405 g/mol. The molecule has 1 aliphatic heterocycles. The molecule has 7 nitrogen and oxygen atoms in total. The summed E-state index contributed by atoms with van der Waals surface area (Å²) in [5, 5.41) is 5.27. The van der Waals surface area contributed by atoms with Gasteiger partial charge in [0.25, 0.3) is 5.91 Å². The highest BCUT2D eigenvalue weighted by Crippen LogP contribution is 2.35. The molecule has 8 heteroatoms. The second-order valence-electron chi connectivity index (χ2n) is 6.29. The molecule has 144 valence electrons. The number of rotatable bonds is 4. The molecule has 1 aliphatic rings. The number of carbonyl (C=O) groups is 1. The molecule has 4 aromatic rings. The van der Waals surface area contributed by atoms with E-state index >= 15 is 0 Å². The van der Waals surface area contributed by atoms with Crippen molar-refractivity contribution in [1.82, 2.24) is 9.97 Å². The van der Waals surface area contributed by atoms with Gasteiger partial charge in [-0.3, -0.25) is 10.1 Å². The molecule has 0 bridgehead atoms. The summed E-state index contributed by atoms with van der Waals surface area (Å²) in [7, 11) is 0. The van der Waals surface area contributed by atoms with E-state index < -0.39 is 0 Å². The average molecular weight is 405 g/mol. The summed E-state index contributed by atoms with van der Waals surface area (Å²) in [6.45, 7) is 1.09. The highest BCUT2D eigenvalue weighted by molar-refractivity contribution is 7.14. The molecule has 2 aromatic carbocycles. The third-order valence-corrected chi connectivity index (χ3v) is 5.18. The molecule has 0 fully saturated rings. The number of fused-ring (bicyclic) bond motifs is 1. The topological polar surface area (TPSA) is 86.5 Å². The van der Waals surface area contributed by atoms with Gasteiger partial charge in [-0.05, 0) is 30.3 Å². The van der Waals surface area contributed by atoms with E-state index in [0.29, 0.717) is 35.4 Å². The van der Waals surface area contributed by atoms with E-state index in [1.165, 1.54) is 17.7 Å². The first-order valence-electron chi connectivity index (χ1n) is 8.92. The van der Waals surface area contributed by atoms with Crippen LogP contribution in [0.1, 0.15) is 10.4 Å². The lowest BCUT2D eigenvalue weighted by Crippen LogP contribution is -2.15. The van der Waals surface area contributed by atoms with Crippen LogP contribution in [0.5, 0.6) is 11.5 Å². The van der Waals surface area contributed by atoms with E-state index in [4.69, 9.17) is 13.9 Å². The Morgan fingerprint density at radius 1 is 1.00 bits per heavy atom. The molecule has 3 heterocycles. The molecule has 0 saturated carbocycles. The van der Waals surface area contributed by atoms with Crippen LogP contribution in [0.2, 0.25) is 0 Å². The maximum absolute atomic E-state index is 12.5. The van der Waals surface area contributed by atoms with Gasteiger partial charge in [0.05, 0.1) is 11.9 Å². The minimum Gasteiger partial charge on any atom is -0.486 e. The van der Waals surface area contributed by atoms with Crippen LogP contribution < -0.4 is 14.8 Å². The fourth-order valence-corrected chi connectivity index (χ4v) is 3.69. The first-order valence-corrected chi connectivity index (χ1v) is 9.80. The predicted octanol–water partition coefficient (Wildman–Crippen LogP) is 4.49. The van der Waals surface area contributed by atoms with Crippen LogP contribution in [0.4, 0.5) is 5.13 Å². The third-order valence-electron chi connectivity index (χ3n) is 4.43. The number of nitrogens with one attached hydrogen (secondary N) is 1. The zero-order valence-electron chi connectivity index (χ0n) is 15.1. The van der Waals surface area contributed by atoms with Crippen molar-refractivity contribution in [3.05, 3.63) is 66.0 Å². The molecule has 0 unspecified atom stereocenters. The van der Waals surface area contributed by atoms with Gasteiger partial charge in [0.15, 0.2) is 28.8 Å². The largest absolute Gasteiger partial charge is 0.486 e. The van der Waals surface area contributed by atoms with Gasteiger partial charge in [-0.1, -0.05) is 12.1 Å². The summed E-state index contributed by atoms with van der Waals surface area (Å²) in [5.74, 6) is 1.87. The molecular weight excluding hydrogens is 390 g/mol. The summed E-state index contributed by atoms with van der Waals surface area (Å²) in [5.41, 5.74) is 3.06. The first kappa shape index (κ1) is 17.4. The number of thiazole rings is 1. The van der Waals surface area contributed by atoms with E-state index in [1.54, 1.807) is 18.3 Å². The number of nitrogens with zero attached hydrogens (tertiary/aromatic N) is 2. The van der Waals surface area contributed by atoms with Gasteiger partial charge in [0, 0.05) is 22.1 Å². The Hall–Kier alpha value is -3.65. The Bertz CT molecular complexity index is 1150. The molecule has 5 rings (SSSR count). The zero-order chi connectivity index (χ0) is 19.6. The second-order valence-corrected chi connectivity index (χ2v) is 7.15. The van der Waals surface area contributed by atoms with Crippen LogP contribution in [0.3, 0.4) is 0 Å². The molecule has 1 N–H and O–H groups in total. The van der Waals surface area contributed by atoms with Crippen molar-refractivity contribution in [3.63, 3.8) is 0 Å². The minimum absolute atomic E-state index is 0.225. The van der Waals surface area contributed by atoms with Gasteiger partial charge in [0.2, 0.25) is 0 Å². The van der Waals surface area contributed by atoms with Crippen molar-refractivity contribution in [2.75, 3.05) is 18.5 Å². The lowest BCUT2D eigenvalue weighted by molar-refractivity contribution is 0.102. The number of anilines is 1. The Balaban J connectivity index is 1.30. The normalized spacial score (nSPS) is 12.6. The number of ether oxygens (including phenoxy) is 2. The van der Waals surface area contributed by atoms with Gasteiger partial charge in [-0.15, -0.1) is 11.3 Å². The van der Waals surface area contributed by atoms with Crippen molar-refractivity contribution >= 4 is 22.4 Å². The van der Waals surface area contributed by atoms with Crippen LogP contribution in [0.15, 0.2) is 64.9 Å². The van der Waals surface area contributed by atoms with E-state index in [9.17, 15) is 4.79 Å². The van der Waals surface area contributed by atoms with Gasteiger partial charge in [-0.2, -0.15) is 0 Å². The summed E-state index contributed by atoms with van der Waals surface area (Å²) in [6, 6.07) is 12.8. The highest BCUT2D eigenvalue weighted by atomic mass is 32.1. The van der Waals surface area contributed by atoms with Crippen molar-refractivity contribution in [1.29, 1.82) is 0 Å². The van der Waals surface area contributed by atoms with Gasteiger partial charge >= 0.3 is 0 Å².